The number of rotatable bonds is 3. The number of carbonyl (C=O) groups excluding carboxylic acids is 1. The van der Waals surface area contributed by atoms with Crippen LogP contribution in [0.2, 0.25) is 0 Å². The number of halogens is 5. The molecule has 0 spiro atoms. The molecule has 1 rings (SSSR count). The predicted octanol–water partition coefficient (Wildman–Crippen LogP) is 3.06. The monoisotopic (exact) mass is 269 g/mol. The van der Waals surface area contributed by atoms with Gasteiger partial charge in [-0.05, 0) is 0 Å². The van der Waals surface area contributed by atoms with Crippen molar-refractivity contribution in [2.75, 3.05) is 11.2 Å². The van der Waals surface area contributed by atoms with Crippen molar-refractivity contribution in [1.29, 1.82) is 0 Å². The van der Waals surface area contributed by atoms with E-state index in [1.165, 1.54) is 6.92 Å². The van der Waals surface area contributed by atoms with Gasteiger partial charge in [-0.2, -0.15) is 0 Å². The Morgan fingerprint density at radius 3 is 2.18 bits per heavy atom. The molecule has 1 atom stereocenters. The van der Waals surface area contributed by atoms with Crippen molar-refractivity contribution in [2.45, 2.75) is 6.92 Å². The zero-order chi connectivity index (χ0) is 13.2. The number of nitrogens with one attached hydrogen (secondary N) is 1. The van der Waals surface area contributed by atoms with Gasteiger partial charge in [0.05, 0.1) is 0 Å². The average molecular weight is 270 g/mol. The Balaban J connectivity index is 3.10. The van der Waals surface area contributed by atoms with Gasteiger partial charge in [0, 0.05) is 17.9 Å². The summed E-state index contributed by atoms with van der Waals surface area (Å²) < 4.78 is 51.9. The standard InChI is InChI=1S/C10H8ClF4NO/c1-4(3-11)10(17)16-9-7(14)5(12)2-6(13)8(9)15/h2,4H,3H2,1H3,(H,16,17). The summed E-state index contributed by atoms with van der Waals surface area (Å²) in [5.74, 6) is -8.15. The van der Waals surface area contributed by atoms with Crippen LogP contribution < -0.4 is 5.32 Å². The molecule has 0 aromatic heterocycles. The van der Waals surface area contributed by atoms with Gasteiger partial charge in [0.25, 0.3) is 0 Å². The van der Waals surface area contributed by atoms with E-state index in [-0.39, 0.29) is 11.9 Å². The van der Waals surface area contributed by atoms with E-state index in [0.29, 0.717) is 0 Å². The molecule has 0 saturated heterocycles. The number of hydrogen-bond acceptors (Lipinski definition) is 1. The van der Waals surface area contributed by atoms with E-state index in [0.717, 1.165) is 0 Å². The fourth-order valence-corrected chi connectivity index (χ4v) is 1.14. The third-order valence-electron chi connectivity index (χ3n) is 2.04. The highest BCUT2D eigenvalue weighted by Crippen LogP contribution is 2.24. The van der Waals surface area contributed by atoms with Gasteiger partial charge in [-0.15, -0.1) is 11.6 Å². The second kappa shape index (κ2) is 5.35. The van der Waals surface area contributed by atoms with Gasteiger partial charge in [-0.3, -0.25) is 4.79 Å². The quantitative estimate of drug-likeness (QED) is 0.510. The first kappa shape index (κ1) is 13.8. The van der Waals surface area contributed by atoms with Crippen LogP contribution in [0.4, 0.5) is 23.2 Å². The number of hydrogen-bond donors (Lipinski definition) is 1. The van der Waals surface area contributed by atoms with E-state index < -0.39 is 40.8 Å². The van der Waals surface area contributed by atoms with Crippen LogP contribution in [0.25, 0.3) is 0 Å². The number of benzene rings is 1. The molecule has 1 amide bonds. The smallest absolute Gasteiger partial charge is 0.228 e. The van der Waals surface area contributed by atoms with Crippen LogP contribution in [0, 0.1) is 29.2 Å². The lowest BCUT2D eigenvalue weighted by Gasteiger charge is -2.11. The maximum Gasteiger partial charge on any atom is 0.228 e. The first-order chi connectivity index (χ1) is 7.88. The minimum absolute atomic E-state index is 0.0608. The van der Waals surface area contributed by atoms with Gasteiger partial charge in [0.2, 0.25) is 5.91 Å². The van der Waals surface area contributed by atoms with Crippen molar-refractivity contribution in [1.82, 2.24) is 0 Å². The molecule has 0 aliphatic rings. The third-order valence-corrected chi connectivity index (χ3v) is 2.50. The highest BCUT2D eigenvalue weighted by atomic mass is 35.5. The highest BCUT2D eigenvalue weighted by molar-refractivity contribution is 6.19. The summed E-state index contributed by atoms with van der Waals surface area (Å²) in [7, 11) is 0. The molecule has 1 unspecified atom stereocenters. The van der Waals surface area contributed by atoms with Crippen molar-refractivity contribution in [3.63, 3.8) is 0 Å². The fraction of sp³-hybridized carbons (Fsp3) is 0.300. The number of anilines is 1. The Morgan fingerprint density at radius 2 is 1.76 bits per heavy atom. The first-order valence-corrected chi connectivity index (χ1v) is 5.11. The molecule has 0 saturated carbocycles. The molecule has 17 heavy (non-hydrogen) atoms. The molecule has 7 heteroatoms. The van der Waals surface area contributed by atoms with Crippen LogP contribution in [0.3, 0.4) is 0 Å². The van der Waals surface area contributed by atoms with E-state index in [1.54, 1.807) is 5.32 Å². The van der Waals surface area contributed by atoms with Gasteiger partial charge in [0.15, 0.2) is 23.3 Å². The lowest BCUT2D eigenvalue weighted by Crippen LogP contribution is -2.23. The molecule has 0 fully saturated rings. The summed E-state index contributed by atoms with van der Waals surface area (Å²) in [4.78, 5) is 11.3. The van der Waals surface area contributed by atoms with E-state index in [2.05, 4.69) is 0 Å². The van der Waals surface area contributed by atoms with Crippen LogP contribution in [-0.2, 0) is 4.79 Å². The van der Waals surface area contributed by atoms with Crippen molar-refractivity contribution >= 4 is 23.2 Å². The minimum atomic E-state index is -1.65. The number of carbonyl (C=O) groups is 1. The minimum Gasteiger partial charge on any atom is -0.321 e. The van der Waals surface area contributed by atoms with E-state index in [1.807, 2.05) is 0 Å². The van der Waals surface area contributed by atoms with Gasteiger partial charge >= 0.3 is 0 Å². The molecule has 0 bridgehead atoms. The van der Waals surface area contributed by atoms with Crippen LogP contribution in [0.5, 0.6) is 0 Å². The number of amides is 1. The van der Waals surface area contributed by atoms with E-state index >= 15 is 0 Å². The van der Waals surface area contributed by atoms with Gasteiger partial charge in [0.1, 0.15) is 5.69 Å². The molecular formula is C10H8ClF4NO. The van der Waals surface area contributed by atoms with Crippen LogP contribution in [0.1, 0.15) is 6.92 Å². The zero-order valence-corrected chi connectivity index (χ0v) is 9.42. The summed E-state index contributed by atoms with van der Waals surface area (Å²) in [6.45, 7) is 1.40. The Bertz CT molecular complexity index is 426. The van der Waals surface area contributed by atoms with Gasteiger partial charge < -0.3 is 5.32 Å². The second-order valence-corrected chi connectivity index (χ2v) is 3.70. The molecule has 1 aromatic rings. The lowest BCUT2D eigenvalue weighted by molar-refractivity contribution is -0.118. The van der Waals surface area contributed by atoms with Crippen LogP contribution in [0.15, 0.2) is 6.07 Å². The lowest BCUT2D eigenvalue weighted by atomic mass is 10.2. The maximum absolute atomic E-state index is 13.1. The number of alkyl halides is 1. The van der Waals surface area contributed by atoms with Crippen LogP contribution >= 0.6 is 11.6 Å². The zero-order valence-electron chi connectivity index (χ0n) is 8.66. The SMILES string of the molecule is CC(CCl)C(=O)Nc1c(F)c(F)cc(F)c1F. The molecule has 1 aromatic carbocycles. The summed E-state index contributed by atoms with van der Waals surface area (Å²) in [6.07, 6.45) is 0. The fourth-order valence-electron chi connectivity index (χ4n) is 0.999. The van der Waals surface area contributed by atoms with Crippen molar-refractivity contribution in [3.05, 3.63) is 29.3 Å². The molecule has 0 aliphatic heterocycles. The molecule has 2 nitrogen and oxygen atoms in total. The maximum atomic E-state index is 13.1. The van der Waals surface area contributed by atoms with Crippen molar-refractivity contribution in [3.8, 4) is 0 Å². The Kier molecular flexibility index (Phi) is 4.34. The topological polar surface area (TPSA) is 29.1 Å². The Labute approximate surface area is 99.6 Å². The molecule has 0 aliphatic carbocycles. The third kappa shape index (κ3) is 2.88. The summed E-state index contributed by atoms with van der Waals surface area (Å²) in [5.41, 5.74) is -1.15. The normalized spacial score (nSPS) is 12.4. The Morgan fingerprint density at radius 1 is 1.29 bits per heavy atom. The van der Waals surface area contributed by atoms with Gasteiger partial charge in [-0.25, -0.2) is 17.6 Å². The predicted molar refractivity (Wildman–Crippen MR) is 54.8 cm³/mol. The molecule has 0 radical (unpaired) electrons. The Hall–Kier alpha value is -1.30. The summed E-state index contributed by atoms with van der Waals surface area (Å²) >= 11 is 5.36. The van der Waals surface area contributed by atoms with E-state index in [4.69, 9.17) is 11.6 Å². The van der Waals surface area contributed by atoms with Crippen LogP contribution in [-0.4, -0.2) is 11.8 Å². The molecule has 1 N–H and O–H groups in total. The van der Waals surface area contributed by atoms with Crippen molar-refractivity contribution < 1.29 is 22.4 Å². The molecular weight excluding hydrogens is 262 g/mol. The van der Waals surface area contributed by atoms with E-state index in [9.17, 15) is 22.4 Å². The largest absolute Gasteiger partial charge is 0.321 e. The summed E-state index contributed by atoms with van der Waals surface area (Å²) in [6, 6.07) is 0.0608. The highest BCUT2D eigenvalue weighted by Gasteiger charge is 2.22. The van der Waals surface area contributed by atoms with Crippen molar-refractivity contribution in [2.24, 2.45) is 5.92 Å². The summed E-state index contributed by atoms with van der Waals surface area (Å²) in [5, 5.41) is 1.76. The second-order valence-electron chi connectivity index (χ2n) is 3.39. The molecule has 0 heterocycles. The average Bonchev–Trinajstić information content (AvgIpc) is 2.30. The van der Waals surface area contributed by atoms with Gasteiger partial charge in [-0.1, -0.05) is 6.92 Å². The first-order valence-electron chi connectivity index (χ1n) is 4.58. The molecule has 94 valence electrons.